The summed E-state index contributed by atoms with van der Waals surface area (Å²) in [5, 5.41) is 15.9. The van der Waals surface area contributed by atoms with Crippen LogP contribution in [-0.2, 0) is 14.4 Å². The highest BCUT2D eigenvalue weighted by Crippen LogP contribution is 2.36. The molecule has 106 valence electrons. The molecule has 2 N–H and O–H groups in total. The van der Waals surface area contributed by atoms with Gasteiger partial charge in [0.25, 0.3) is 0 Å². The third kappa shape index (κ3) is 3.63. The topological polar surface area (TPSA) is 94.9 Å². The Morgan fingerprint density at radius 2 is 1.89 bits per heavy atom. The number of carbonyl (C=O) groups is 3. The van der Waals surface area contributed by atoms with Gasteiger partial charge in [0.1, 0.15) is 5.70 Å². The van der Waals surface area contributed by atoms with Crippen molar-refractivity contribution >= 4 is 29.6 Å². The molecular weight excluding hydrogens is 291 g/mol. The van der Waals surface area contributed by atoms with Crippen LogP contribution in [0.5, 0.6) is 0 Å². The minimum absolute atomic E-state index is 0.0774. The van der Waals surface area contributed by atoms with Crippen molar-refractivity contribution in [1.82, 2.24) is 4.90 Å². The maximum absolute atomic E-state index is 11.0. The first-order valence-corrected chi connectivity index (χ1v) is 5.86. The number of halogens is 3. The predicted molar refractivity (Wildman–Crippen MR) is 57.1 cm³/mol. The number of aliphatic carboxylic acids is 2. The van der Waals surface area contributed by atoms with Gasteiger partial charge in [-0.1, -0.05) is 0 Å². The summed E-state index contributed by atoms with van der Waals surface area (Å²) in [5.41, 5.74) is 0.148. The van der Waals surface area contributed by atoms with E-state index in [4.69, 9.17) is 15.0 Å². The van der Waals surface area contributed by atoms with E-state index in [1.165, 1.54) is 4.90 Å². The summed E-state index contributed by atoms with van der Waals surface area (Å²) >= 11 is 1.60. The fourth-order valence-corrected chi connectivity index (χ4v) is 2.45. The van der Waals surface area contributed by atoms with E-state index in [1.807, 2.05) is 0 Å². The van der Waals surface area contributed by atoms with Crippen molar-refractivity contribution in [2.45, 2.75) is 18.0 Å². The lowest BCUT2D eigenvalue weighted by Gasteiger charge is -2.42. The lowest BCUT2D eigenvalue weighted by molar-refractivity contribution is -0.192. The van der Waals surface area contributed by atoms with Gasteiger partial charge in [0.2, 0.25) is 5.91 Å². The zero-order valence-electron chi connectivity index (χ0n) is 9.18. The summed E-state index contributed by atoms with van der Waals surface area (Å²) in [4.78, 5) is 31.9. The summed E-state index contributed by atoms with van der Waals surface area (Å²) in [6.07, 6.45) is -3.02. The number of nitrogens with zero attached hydrogens (tertiary/aromatic N) is 1. The molecule has 0 aliphatic carbocycles. The van der Waals surface area contributed by atoms with Gasteiger partial charge in [-0.05, 0) is 6.08 Å². The van der Waals surface area contributed by atoms with Crippen LogP contribution >= 0.6 is 11.8 Å². The minimum Gasteiger partial charge on any atom is -0.477 e. The van der Waals surface area contributed by atoms with Crippen molar-refractivity contribution in [2.75, 3.05) is 5.75 Å². The molecular formula is C9H8F3NO5S. The highest BCUT2D eigenvalue weighted by atomic mass is 32.2. The van der Waals surface area contributed by atoms with Crippen LogP contribution in [0, 0.1) is 0 Å². The number of fused-ring (bicyclic) bond motifs is 1. The van der Waals surface area contributed by atoms with E-state index in [1.54, 1.807) is 17.8 Å². The summed E-state index contributed by atoms with van der Waals surface area (Å²) < 4.78 is 31.7. The average Bonchev–Trinajstić information content (AvgIpc) is 2.26. The average molecular weight is 299 g/mol. The molecule has 10 heteroatoms. The Labute approximate surface area is 108 Å². The smallest absolute Gasteiger partial charge is 0.477 e. The first kappa shape index (κ1) is 15.3. The van der Waals surface area contributed by atoms with Gasteiger partial charge in [-0.25, -0.2) is 9.59 Å². The van der Waals surface area contributed by atoms with Crippen LogP contribution in [0.1, 0.15) is 6.42 Å². The van der Waals surface area contributed by atoms with Crippen molar-refractivity contribution in [3.63, 3.8) is 0 Å². The van der Waals surface area contributed by atoms with E-state index in [0.717, 1.165) is 0 Å². The summed E-state index contributed by atoms with van der Waals surface area (Å²) in [7, 11) is 0. The minimum atomic E-state index is -5.08. The number of carbonyl (C=O) groups excluding carboxylic acids is 1. The van der Waals surface area contributed by atoms with Crippen LogP contribution < -0.4 is 0 Å². The van der Waals surface area contributed by atoms with Crippen LogP contribution in [0.2, 0.25) is 0 Å². The van der Waals surface area contributed by atoms with Gasteiger partial charge < -0.3 is 10.2 Å². The van der Waals surface area contributed by atoms with Crippen molar-refractivity contribution in [3.05, 3.63) is 11.8 Å². The molecule has 0 spiro atoms. The summed E-state index contributed by atoms with van der Waals surface area (Å²) in [5.74, 6) is -3.16. The Hall–Kier alpha value is -1.71. The van der Waals surface area contributed by atoms with E-state index < -0.39 is 18.1 Å². The standard InChI is InChI=1S/C7H7NO3S.C2HF3O2/c9-5-3-6-8(5)4(7(10)11)1-2-12-6;3-2(4,5)1(6)7/h1,6H,2-3H2,(H,10,11);(H,6,7)/t6-;/m1./s1. The van der Waals surface area contributed by atoms with Crippen molar-refractivity contribution in [1.29, 1.82) is 0 Å². The van der Waals surface area contributed by atoms with E-state index in [-0.39, 0.29) is 17.0 Å². The number of β-lactam (4-membered cyclic amide) rings is 1. The molecule has 6 nitrogen and oxygen atoms in total. The SMILES string of the molecule is O=C(O)C(F)(F)F.O=C(O)C1=CCS[C@@H]2CC(=O)N12. The first-order chi connectivity index (χ1) is 8.64. The number of rotatable bonds is 1. The largest absolute Gasteiger partial charge is 0.490 e. The summed E-state index contributed by atoms with van der Waals surface area (Å²) in [6, 6.07) is 0. The lowest BCUT2D eigenvalue weighted by atomic mass is 10.1. The Morgan fingerprint density at radius 1 is 1.37 bits per heavy atom. The molecule has 0 saturated carbocycles. The van der Waals surface area contributed by atoms with Gasteiger partial charge in [-0.3, -0.25) is 9.69 Å². The van der Waals surface area contributed by atoms with Crippen LogP contribution in [0.4, 0.5) is 13.2 Å². The Bertz CT molecular complexity index is 448. The third-order valence-electron chi connectivity index (χ3n) is 2.19. The van der Waals surface area contributed by atoms with Crippen molar-refractivity contribution in [3.8, 4) is 0 Å². The number of thioether (sulfide) groups is 1. The Kier molecular flexibility index (Phi) is 4.45. The van der Waals surface area contributed by atoms with Crippen molar-refractivity contribution in [2.24, 2.45) is 0 Å². The Morgan fingerprint density at radius 3 is 2.21 bits per heavy atom. The molecule has 1 amide bonds. The molecule has 2 aliphatic heterocycles. The van der Waals surface area contributed by atoms with E-state index in [2.05, 4.69) is 0 Å². The zero-order chi connectivity index (χ0) is 14.8. The van der Waals surface area contributed by atoms with Crippen LogP contribution in [0.3, 0.4) is 0 Å². The number of alkyl halides is 3. The normalized spacial score (nSPS) is 21.4. The molecule has 0 aromatic rings. The Balaban J connectivity index is 0.000000224. The number of hydrogen-bond donors (Lipinski definition) is 2. The van der Waals surface area contributed by atoms with Gasteiger partial charge in [0.05, 0.1) is 11.8 Å². The highest BCUT2D eigenvalue weighted by Gasteiger charge is 2.42. The monoisotopic (exact) mass is 299 g/mol. The molecule has 2 heterocycles. The number of carboxylic acids is 2. The zero-order valence-corrected chi connectivity index (χ0v) is 9.99. The maximum Gasteiger partial charge on any atom is 0.490 e. The van der Waals surface area contributed by atoms with E-state index >= 15 is 0 Å². The fraction of sp³-hybridized carbons (Fsp3) is 0.444. The maximum atomic E-state index is 11.0. The summed E-state index contributed by atoms with van der Waals surface area (Å²) in [6.45, 7) is 0. The van der Waals surface area contributed by atoms with E-state index in [0.29, 0.717) is 12.2 Å². The molecule has 2 aliphatic rings. The lowest BCUT2D eigenvalue weighted by Crippen LogP contribution is -2.52. The molecule has 19 heavy (non-hydrogen) atoms. The van der Waals surface area contributed by atoms with Crippen LogP contribution in [0.15, 0.2) is 11.8 Å². The molecule has 2 rings (SSSR count). The molecule has 1 fully saturated rings. The molecule has 0 bridgehead atoms. The molecule has 0 aromatic carbocycles. The fourth-order valence-electron chi connectivity index (χ4n) is 1.34. The molecule has 1 saturated heterocycles. The number of hydrogen-bond acceptors (Lipinski definition) is 4. The van der Waals surface area contributed by atoms with E-state index in [9.17, 15) is 22.8 Å². The van der Waals surface area contributed by atoms with Gasteiger partial charge >= 0.3 is 18.1 Å². The molecule has 0 unspecified atom stereocenters. The van der Waals surface area contributed by atoms with Crippen molar-refractivity contribution < 1.29 is 37.8 Å². The molecule has 0 aromatic heterocycles. The quantitative estimate of drug-likeness (QED) is 0.698. The predicted octanol–water partition coefficient (Wildman–Crippen LogP) is 0.893. The second-order valence-corrected chi connectivity index (χ2v) is 4.66. The van der Waals surface area contributed by atoms with Crippen LogP contribution in [-0.4, -0.2) is 50.3 Å². The van der Waals surface area contributed by atoms with Gasteiger partial charge in [-0.15, -0.1) is 11.8 Å². The second kappa shape index (κ2) is 5.51. The first-order valence-electron chi connectivity index (χ1n) is 4.82. The van der Waals surface area contributed by atoms with Gasteiger partial charge in [-0.2, -0.15) is 13.2 Å². The third-order valence-corrected chi connectivity index (χ3v) is 3.31. The highest BCUT2D eigenvalue weighted by molar-refractivity contribution is 8.00. The molecule has 1 atom stereocenters. The van der Waals surface area contributed by atoms with Gasteiger partial charge in [0.15, 0.2) is 0 Å². The number of carboxylic acid groups (broad SMARTS) is 2. The number of amides is 1. The van der Waals surface area contributed by atoms with Crippen LogP contribution in [0.25, 0.3) is 0 Å². The second-order valence-electron chi connectivity index (χ2n) is 3.45. The molecule has 0 radical (unpaired) electrons. The van der Waals surface area contributed by atoms with Gasteiger partial charge in [0, 0.05) is 5.75 Å².